The standard InChI is InChI=1S/C14H22N2.C2H6/c1-5-14(4)8-6-13(15)16(11-9-14)10-7-12(2)3;1-2/h6-12,15H,5H2,1-4H3;1-2H3/b10-7-,15-13?;. The van der Waals surface area contributed by atoms with Gasteiger partial charge < -0.3 is 4.90 Å². The molecule has 1 rings (SSSR count). The molecule has 1 unspecified atom stereocenters. The van der Waals surface area contributed by atoms with Crippen molar-refractivity contribution in [2.45, 2.75) is 48.0 Å². The van der Waals surface area contributed by atoms with Crippen molar-refractivity contribution in [1.29, 1.82) is 5.41 Å². The molecule has 18 heavy (non-hydrogen) atoms. The average molecular weight is 248 g/mol. The van der Waals surface area contributed by atoms with Crippen molar-refractivity contribution < 1.29 is 0 Å². The molecule has 2 heteroatoms. The molecule has 1 aliphatic rings. The Morgan fingerprint density at radius 1 is 1.33 bits per heavy atom. The predicted octanol–water partition coefficient (Wildman–Crippen LogP) is 4.96. The maximum absolute atomic E-state index is 7.92. The minimum absolute atomic E-state index is 0.0761. The Morgan fingerprint density at radius 3 is 2.44 bits per heavy atom. The van der Waals surface area contributed by atoms with Gasteiger partial charge in [-0.3, -0.25) is 5.41 Å². The summed E-state index contributed by atoms with van der Waals surface area (Å²) in [6, 6.07) is 0. The first kappa shape index (κ1) is 16.7. The first-order valence-electron chi connectivity index (χ1n) is 6.90. The van der Waals surface area contributed by atoms with Gasteiger partial charge in [0.1, 0.15) is 5.84 Å². The van der Waals surface area contributed by atoms with Crippen molar-refractivity contribution >= 4 is 5.84 Å². The minimum Gasteiger partial charge on any atom is -0.310 e. The number of hydrogen-bond acceptors (Lipinski definition) is 1. The number of nitrogens with zero attached hydrogens (tertiary/aromatic N) is 1. The Hall–Kier alpha value is -1.31. The normalized spacial score (nSPS) is 23.3. The third kappa shape index (κ3) is 5.35. The summed E-state index contributed by atoms with van der Waals surface area (Å²) in [6.45, 7) is 12.6. The molecule has 2 nitrogen and oxygen atoms in total. The van der Waals surface area contributed by atoms with E-state index >= 15 is 0 Å². The highest BCUT2D eigenvalue weighted by molar-refractivity contribution is 5.92. The summed E-state index contributed by atoms with van der Waals surface area (Å²) in [5.74, 6) is 1.02. The molecule has 0 saturated carbocycles. The van der Waals surface area contributed by atoms with E-state index in [9.17, 15) is 0 Å². The molecule has 0 amide bonds. The summed E-state index contributed by atoms with van der Waals surface area (Å²) in [4.78, 5) is 1.86. The lowest BCUT2D eigenvalue weighted by Crippen LogP contribution is -2.15. The van der Waals surface area contributed by atoms with Crippen molar-refractivity contribution in [3.05, 3.63) is 36.7 Å². The van der Waals surface area contributed by atoms with E-state index in [1.54, 1.807) is 0 Å². The second-order valence-corrected chi connectivity index (χ2v) is 4.89. The maximum atomic E-state index is 7.92. The first-order valence-corrected chi connectivity index (χ1v) is 6.90. The smallest absolute Gasteiger partial charge is 0.128 e. The molecule has 0 fully saturated rings. The topological polar surface area (TPSA) is 27.1 Å². The van der Waals surface area contributed by atoms with Crippen LogP contribution in [0.2, 0.25) is 0 Å². The van der Waals surface area contributed by atoms with Gasteiger partial charge in [-0.2, -0.15) is 0 Å². The Balaban J connectivity index is 0.00000137. The van der Waals surface area contributed by atoms with Crippen LogP contribution in [0.4, 0.5) is 0 Å². The van der Waals surface area contributed by atoms with Gasteiger partial charge in [0.05, 0.1) is 0 Å². The number of allylic oxidation sites excluding steroid dienone is 3. The van der Waals surface area contributed by atoms with E-state index < -0.39 is 0 Å². The quantitative estimate of drug-likeness (QED) is 0.750. The van der Waals surface area contributed by atoms with E-state index in [4.69, 9.17) is 5.41 Å². The molecular weight excluding hydrogens is 220 g/mol. The average Bonchev–Trinajstić information content (AvgIpc) is 2.51. The third-order valence-electron chi connectivity index (χ3n) is 2.91. The summed E-state index contributed by atoms with van der Waals surface area (Å²) >= 11 is 0. The van der Waals surface area contributed by atoms with Gasteiger partial charge in [-0.1, -0.05) is 59.8 Å². The second-order valence-electron chi connectivity index (χ2n) is 4.89. The van der Waals surface area contributed by atoms with Gasteiger partial charge in [-0.25, -0.2) is 0 Å². The summed E-state index contributed by atoms with van der Waals surface area (Å²) in [7, 11) is 0. The van der Waals surface area contributed by atoms with E-state index in [1.807, 2.05) is 37.2 Å². The number of nitrogens with one attached hydrogen (secondary N) is 1. The fraction of sp³-hybridized carbons (Fsp3) is 0.562. The molecule has 0 aromatic rings. The fourth-order valence-electron chi connectivity index (χ4n) is 1.37. The lowest BCUT2D eigenvalue weighted by Gasteiger charge is -2.17. The maximum Gasteiger partial charge on any atom is 0.128 e. The second kappa shape index (κ2) is 7.91. The van der Waals surface area contributed by atoms with Crippen LogP contribution < -0.4 is 0 Å². The van der Waals surface area contributed by atoms with Crippen molar-refractivity contribution in [3.63, 3.8) is 0 Å². The molecule has 1 atom stereocenters. The van der Waals surface area contributed by atoms with Crippen LogP contribution in [0.5, 0.6) is 0 Å². The van der Waals surface area contributed by atoms with Crippen LogP contribution in [-0.2, 0) is 0 Å². The fourth-order valence-corrected chi connectivity index (χ4v) is 1.37. The molecule has 0 saturated heterocycles. The third-order valence-corrected chi connectivity index (χ3v) is 2.91. The first-order chi connectivity index (χ1) is 8.47. The summed E-state index contributed by atoms with van der Waals surface area (Å²) in [6.07, 6.45) is 13.3. The van der Waals surface area contributed by atoms with Crippen LogP contribution in [0.25, 0.3) is 0 Å². The molecule has 0 radical (unpaired) electrons. The van der Waals surface area contributed by atoms with E-state index in [0.717, 1.165) is 6.42 Å². The van der Waals surface area contributed by atoms with Crippen LogP contribution in [0, 0.1) is 16.7 Å². The zero-order valence-corrected chi connectivity index (χ0v) is 12.7. The summed E-state index contributed by atoms with van der Waals surface area (Å²) < 4.78 is 0. The van der Waals surface area contributed by atoms with Crippen LogP contribution >= 0.6 is 0 Å². The van der Waals surface area contributed by atoms with E-state index in [-0.39, 0.29) is 5.41 Å². The molecular formula is C16H28N2. The molecule has 1 aliphatic heterocycles. The SMILES string of the molecule is CC.CCC1(C)C=CC(=N)N(/C=C\C(C)C)C=C1. The van der Waals surface area contributed by atoms with Gasteiger partial charge in [0, 0.05) is 17.8 Å². The molecule has 0 aromatic carbocycles. The Labute approximate surface area is 113 Å². The van der Waals surface area contributed by atoms with Gasteiger partial charge in [0.2, 0.25) is 0 Å². The Kier molecular flexibility index (Phi) is 7.33. The predicted molar refractivity (Wildman–Crippen MR) is 81.6 cm³/mol. The van der Waals surface area contributed by atoms with E-state index in [0.29, 0.717) is 11.8 Å². The highest BCUT2D eigenvalue weighted by atomic mass is 15.1. The van der Waals surface area contributed by atoms with Crippen LogP contribution in [0.1, 0.15) is 48.0 Å². The molecule has 0 spiro atoms. The Morgan fingerprint density at radius 2 is 1.94 bits per heavy atom. The van der Waals surface area contributed by atoms with E-state index in [2.05, 4.69) is 45.9 Å². The molecule has 0 bridgehead atoms. The summed E-state index contributed by atoms with van der Waals surface area (Å²) in [5.41, 5.74) is 0.0761. The monoisotopic (exact) mass is 248 g/mol. The van der Waals surface area contributed by atoms with Crippen LogP contribution in [0.3, 0.4) is 0 Å². The molecule has 1 heterocycles. The van der Waals surface area contributed by atoms with Crippen molar-refractivity contribution in [3.8, 4) is 0 Å². The molecule has 0 aliphatic carbocycles. The number of hydrogen-bond donors (Lipinski definition) is 1. The lowest BCUT2D eigenvalue weighted by atomic mass is 9.87. The van der Waals surface area contributed by atoms with Crippen molar-refractivity contribution in [1.82, 2.24) is 4.90 Å². The van der Waals surface area contributed by atoms with Crippen LogP contribution in [0.15, 0.2) is 36.7 Å². The number of rotatable bonds is 3. The van der Waals surface area contributed by atoms with Gasteiger partial charge in [-0.05, 0) is 18.4 Å². The Bertz CT molecular complexity index is 337. The zero-order valence-electron chi connectivity index (χ0n) is 12.7. The highest BCUT2D eigenvalue weighted by Crippen LogP contribution is 2.27. The van der Waals surface area contributed by atoms with Crippen LogP contribution in [-0.4, -0.2) is 10.7 Å². The minimum atomic E-state index is 0.0761. The van der Waals surface area contributed by atoms with Gasteiger partial charge in [0.25, 0.3) is 0 Å². The number of amidine groups is 1. The van der Waals surface area contributed by atoms with E-state index in [1.165, 1.54) is 0 Å². The largest absolute Gasteiger partial charge is 0.310 e. The van der Waals surface area contributed by atoms with Crippen molar-refractivity contribution in [2.75, 3.05) is 0 Å². The molecule has 102 valence electrons. The molecule has 0 aromatic heterocycles. The lowest BCUT2D eigenvalue weighted by molar-refractivity contribution is 0.527. The molecule has 1 N–H and O–H groups in total. The highest BCUT2D eigenvalue weighted by Gasteiger charge is 2.17. The van der Waals surface area contributed by atoms with Crippen molar-refractivity contribution in [2.24, 2.45) is 11.3 Å². The summed E-state index contributed by atoms with van der Waals surface area (Å²) in [5, 5.41) is 7.92. The van der Waals surface area contributed by atoms with Gasteiger partial charge in [-0.15, -0.1) is 0 Å². The zero-order chi connectivity index (χ0) is 14.2. The van der Waals surface area contributed by atoms with Gasteiger partial charge in [0.15, 0.2) is 0 Å². The van der Waals surface area contributed by atoms with Gasteiger partial charge >= 0.3 is 0 Å².